The van der Waals surface area contributed by atoms with E-state index in [-0.39, 0.29) is 21.2 Å². The maximum atomic E-state index is 2.28. The molecule has 0 radical (unpaired) electrons. The predicted octanol–water partition coefficient (Wildman–Crippen LogP) is -0.392. The number of hydrogen-bond acceptors (Lipinski definition) is 0. The molecular formula is C10H12I+. The van der Waals surface area contributed by atoms with Crippen molar-refractivity contribution in [3.63, 3.8) is 0 Å². The third-order valence-electron chi connectivity index (χ3n) is 1.45. The van der Waals surface area contributed by atoms with Crippen molar-refractivity contribution < 1.29 is 21.2 Å². The maximum absolute atomic E-state index is 2.28. The lowest BCUT2D eigenvalue weighted by atomic mass is 10.2. The fraction of sp³-hybridized carbons (Fsp3) is 0.200. The van der Waals surface area contributed by atoms with Crippen molar-refractivity contribution in [3.05, 3.63) is 39.5 Å². The summed E-state index contributed by atoms with van der Waals surface area (Å²) in [5, 5.41) is 0. The van der Waals surface area contributed by atoms with Crippen LogP contribution in [0.5, 0.6) is 0 Å². The first-order valence-corrected chi connectivity index (χ1v) is 6.82. The van der Waals surface area contributed by atoms with E-state index in [0.717, 1.165) is 0 Å². The molecule has 0 N–H and O–H groups in total. The summed E-state index contributed by atoms with van der Waals surface area (Å²) in [6.45, 7) is 2.04. The average molecular weight is 259 g/mol. The lowest BCUT2D eigenvalue weighted by molar-refractivity contribution is -0.597. The molecule has 0 saturated heterocycles. The van der Waals surface area contributed by atoms with Crippen molar-refractivity contribution in [3.8, 4) is 0 Å². The zero-order valence-electron chi connectivity index (χ0n) is 6.84. The molecule has 0 aromatic heterocycles. The average Bonchev–Trinajstić information content (AvgIpc) is 2.07. The topological polar surface area (TPSA) is 0 Å². The summed E-state index contributed by atoms with van der Waals surface area (Å²) in [6, 6.07) is 8.81. The van der Waals surface area contributed by atoms with Gasteiger partial charge in [0.05, 0.1) is 0 Å². The molecule has 0 fully saturated rings. The first kappa shape index (κ1) is 8.78. The molecule has 1 aromatic carbocycles. The Morgan fingerprint density at radius 1 is 1.18 bits per heavy atom. The van der Waals surface area contributed by atoms with Gasteiger partial charge in [-0.1, -0.05) is 24.3 Å². The van der Waals surface area contributed by atoms with Gasteiger partial charge < -0.3 is 0 Å². The lowest BCUT2D eigenvalue weighted by Gasteiger charge is -1.88. The number of benzene rings is 1. The van der Waals surface area contributed by atoms with E-state index in [0.29, 0.717) is 0 Å². The minimum absolute atomic E-state index is 0.263. The summed E-state index contributed by atoms with van der Waals surface area (Å²) in [7, 11) is 0. The van der Waals surface area contributed by atoms with Gasteiger partial charge in [0.2, 0.25) is 0 Å². The molecular weight excluding hydrogens is 247 g/mol. The third kappa shape index (κ3) is 2.66. The molecule has 0 saturated carbocycles. The van der Waals surface area contributed by atoms with Crippen LogP contribution in [0.1, 0.15) is 12.5 Å². The summed E-state index contributed by atoms with van der Waals surface area (Å²) in [5.41, 5.74) is 1.30. The van der Waals surface area contributed by atoms with E-state index < -0.39 is 0 Å². The third-order valence-corrected chi connectivity index (χ3v) is 3.41. The smallest absolute Gasteiger partial charge is 0.0871 e. The van der Waals surface area contributed by atoms with Crippen LogP contribution < -0.4 is 21.2 Å². The van der Waals surface area contributed by atoms with E-state index in [1.54, 1.807) is 0 Å². The van der Waals surface area contributed by atoms with Gasteiger partial charge >= 0.3 is 21.2 Å². The van der Waals surface area contributed by atoms with Crippen LogP contribution in [0.2, 0.25) is 0 Å². The van der Waals surface area contributed by atoms with Gasteiger partial charge in [0.1, 0.15) is 4.93 Å². The van der Waals surface area contributed by atoms with Crippen LogP contribution in [-0.2, 0) is 0 Å². The summed E-state index contributed by atoms with van der Waals surface area (Å²) in [4.78, 5) is 2.28. The Morgan fingerprint density at radius 2 is 1.82 bits per heavy atom. The van der Waals surface area contributed by atoms with Crippen molar-refractivity contribution in [1.29, 1.82) is 0 Å². The minimum atomic E-state index is 0.263. The highest BCUT2D eigenvalue weighted by Gasteiger charge is 2.00. The lowest BCUT2D eigenvalue weighted by Crippen LogP contribution is -3.60. The number of halogens is 1. The van der Waals surface area contributed by atoms with Crippen molar-refractivity contribution in [2.24, 2.45) is 0 Å². The van der Waals surface area contributed by atoms with E-state index in [1.165, 1.54) is 9.13 Å². The molecule has 1 heteroatoms. The Morgan fingerprint density at radius 3 is 2.27 bits per heavy atom. The SMILES string of the molecule is C/C=C/c1ccc([I+]C)cc1. The monoisotopic (exact) mass is 259 g/mol. The molecule has 0 nitrogen and oxygen atoms in total. The molecule has 11 heavy (non-hydrogen) atoms. The molecule has 0 aliphatic rings. The van der Waals surface area contributed by atoms with Gasteiger partial charge in [0.25, 0.3) is 0 Å². The first-order chi connectivity index (χ1) is 5.36. The normalized spacial score (nSPS) is 10.7. The van der Waals surface area contributed by atoms with E-state index in [4.69, 9.17) is 0 Å². The van der Waals surface area contributed by atoms with Gasteiger partial charge in [0, 0.05) is 0 Å². The number of hydrogen-bond donors (Lipinski definition) is 0. The summed E-state index contributed by atoms with van der Waals surface area (Å²) >= 11 is 0.263. The van der Waals surface area contributed by atoms with Crippen molar-refractivity contribution >= 4 is 6.08 Å². The van der Waals surface area contributed by atoms with Crippen LogP contribution in [0.3, 0.4) is 0 Å². The second-order valence-electron chi connectivity index (χ2n) is 2.24. The van der Waals surface area contributed by atoms with E-state index in [1.807, 2.05) is 6.92 Å². The summed E-state index contributed by atoms with van der Waals surface area (Å²) in [6.07, 6.45) is 4.19. The van der Waals surface area contributed by atoms with Gasteiger partial charge in [0.15, 0.2) is 3.57 Å². The highest BCUT2D eigenvalue weighted by atomic mass is 127. The molecule has 0 aliphatic carbocycles. The van der Waals surface area contributed by atoms with Crippen LogP contribution >= 0.6 is 0 Å². The van der Waals surface area contributed by atoms with Gasteiger partial charge in [-0.3, -0.25) is 0 Å². The second-order valence-corrected chi connectivity index (χ2v) is 4.56. The molecule has 0 heterocycles. The van der Waals surface area contributed by atoms with Crippen molar-refractivity contribution in [1.82, 2.24) is 0 Å². The fourth-order valence-electron chi connectivity index (χ4n) is 0.892. The minimum Gasteiger partial charge on any atom is -0.0871 e. The Hall–Kier alpha value is -0.310. The first-order valence-electron chi connectivity index (χ1n) is 3.59. The van der Waals surface area contributed by atoms with Gasteiger partial charge in [-0.05, 0) is 24.6 Å². The largest absolute Gasteiger partial charge is 0.309 e. The molecule has 0 amide bonds. The Bertz CT molecular complexity index is 234. The molecule has 0 atom stereocenters. The number of allylic oxidation sites excluding steroid dienone is 1. The summed E-state index contributed by atoms with van der Waals surface area (Å²) in [5.74, 6) is 0. The van der Waals surface area contributed by atoms with Crippen LogP contribution in [0.15, 0.2) is 30.3 Å². The molecule has 1 aromatic rings. The molecule has 1 rings (SSSR count). The van der Waals surface area contributed by atoms with Crippen LogP contribution in [-0.4, -0.2) is 4.93 Å². The van der Waals surface area contributed by atoms with E-state index >= 15 is 0 Å². The van der Waals surface area contributed by atoms with Crippen molar-refractivity contribution in [2.75, 3.05) is 4.93 Å². The zero-order valence-corrected chi connectivity index (χ0v) is 9.00. The summed E-state index contributed by atoms with van der Waals surface area (Å²) < 4.78 is 1.51. The van der Waals surface area contributed by atoms with Crippen molar-refractivity contribution in [2.45, 2.75) is 6.92 Å². The van der Waals surface area contributed by atoms with Crippen LogP contribution in [0.25, 0.3) is 6.08 Å². The van der Waals surface area contributed by atoms with Crippen LogP contribution in [0.4, 0.5) is 0 Å². The Labute approximate surface area is 78.6 Å². The van der Waals surface area contributed by atoms with Gasteiger partial charge in [-0.2, -0.15) is 0 Å². The van der Waals surface area contributed by atoms with Gasteiger partial charge in [-0.15, -0.1) is 0 Å². The van der Waals surface area contributed by atoms with E-state index in [9.17, 15) is 0 Å². The quantitative estimate of drug-likeness (QED) is 0.501. The Kier molecular flexibility index (Phi) is 3.63. The van der Waals surface area contributed by atoms with Gasteiger partial charge in [-0.25, -0.2) is 0 Å². The van der Waals surface area contributed by atoms with E-state index in [2.05, 4.69) is 41.3 Å². The standard InChI is InChI=1S/C10H12I/c1-3-4-9-5-7-10(11-2)8-6-9/h3-8H,1-2H3/q+1/b4-3+. The highest BCUT2D eigenvalue weighted by molar-refractivity contribution is 5.47. The molecule has 58 valence electrons. The highest BCUT2D eigenvalue weighted by Crippen LogP contribution is 1.99. The maximum Gasteiger partial charge on any atom is 0.309 e. The molecule has 0 aliphatic heterocycles. The van der Waals surface area contributed by atoms with Crippen LogP contribution in [0, 0.1) is 3.57 Å². The predicted molar refractivity (Wildman–Crippen MR) is 45.8 cm³/mol. The number of rotatable bonds is 2. The second kappa shape index (κ2) is 4.54. The molecule has 0 spiro atoms. The molecule has 0 unspecified atom stereocenters. The number of alkyl halides is 1. The molecule has 0 bridgehead atoms. The fourth-order valence-corrected chi connectivity index (χ4v) is 1.97. The Balaban J connectivity index is 2.82. The zero-order chi connectivity index (χ0) is 8.10.